The van der Waals surface area contributed by atoms with Crippen LogP contribution in [0.15, 0.2) is 18.2 Å². The molecule has 0 atom stereocenters. The summed E-state index contributed by atoms with van der Waals surface area (Å²) < 4.78 is 1.79. The zero-order valence-electron chi connectivity index (χ0n) is 10.5. The second-order valence-corrected chi connectivity index (χ2v) is 4.35. The molecular formula is C13H17N3O2. The number of fused-ring (bicyclic) bond motifs is 1. The molecule has 0 amide bonds. The van der Waals surface area contributed by atoms with Crippen LogP contribution in [0, 0.1) is 0 Å². The van der Waals surface area contributed by atoms with Crippen molar-refractivity contribution < 1.29 is 9.90 Å². The van der Waals surface area contributed by atoms with Crippen LogP contribution in [0.4, 0.5) is 0 Å². The van der Waals surface area contributed by atoms with Crippen LogP contribution < -0.4 is 0 Å². The number of hydrogen-bond donors (Lipinski definition) is 1. The van der Waals surface area contributed by atoms with Crippen LogP contribution in [-0.4, -0.2) is 26.1 Å². The van der Waals surface area contributed by atoms with Crippen molar-refractivity contribution in [3.63, 3.8) is 0 Å². The van der Waals surface area contributed by atoms with Crippen molar-refractivity contribution in [3.05, 3.63) is 23.8 Å². The molecule has 1 N–H and O–H groups in total. The average Bonchev–Trinajstić information content (AvgIpc) is 2.77. The molecule has 0 saturated carbocycles. The van der Waals surface area contributed by atoms with Crippen molar-refractivity contribution in [1.82, 2.24) is 15.0 Å². The Balaban J connectivity index is 2.20. The van der Waals surface area contributed by atoms with Gasteiger partial charge in [0.1, 0.15) is 5.52 Å². The van der Waals surface area contributed by atoms with Gasteiger partial charge in [0.2, 0.25) is 0 Å². The maximum Gasteiger partial charge on any atom is 0.338 e. The molecule has 2 rings (SSSR count). The van der Waals surface area contributed by atoms with Gasteiger partial charge in [-0.05, 0) is 18.6 Å². The fraction of sp³-hybridized carbons (Fsp3) is 0.462. The molecule has 0 unspecified atom stereocenters. The Bertz CT molecular complexity index is 548. The Morgan fingerprint density at radius 1 is 1.33 bits per heavy atom. The molecule has 1 aromatic carbocycles. The molecule has 0 spiro atoms. The molecule has 18 heavy (non-hydrogen) atoms. The summed E-state index contributed by atoms with van der Waals surface area (Å²) in [5.74, 6) is -0.960. The Kier molecular flexibility index (Phi) is 3.92. The summed E-state index contributed by atoms with van der Waals surface area (Å²) in [5, 5.41) is 17.1. The summed E-state index contributed by atoms with van der Waals surface area (Å²) in [7, 11) is 0. The molecule has 0 aliphatic rings. The molecule has 0 radical (unpaired) electrons. The summed E-state index contributed by atoms with van der Waals surface area (Å²) in [4.78, 5) is 11.0. The fourth-order valence-electron chi connectivity index (χ4n) is 2.02. The number of aryl methyl sites for hydroxylation is 1. The maximum atomic E-state index is 11.0. The van der Waals surface area contributed by atoms with E-state index in [0.29, 0.717) is 5.52 Å². The highest BCUT2D eigenvalue weighted by atomic mass is 16.4. The van der Waals surface area contributed by atoms with Crippen LogP contribution in [0.1, 0.15) is 43.0 Å². The largest absolute Gasteiger partial charge is 0.478 e. The molecule has 0 saturated heterocycles. The topological polar surface area (TPSA) is 68.0 Å². The van der Waals surface area contributed by atoms with Gasteiger partial charge in [0.15, 0.2) is 0 Å². The van der Waals surface area contributed by atoms with Crippen LogP contribution >= 0.6 is 0 Å². The van der Waals surface area contributed by atoms with Gasteiger partial charge in [-0.2, -0.15) is 0 Å². The minimum Gasteiger partial charge on any atom is -0.478 e. The van der Waals surface area contributed by atoms with E-state index in [9.17, 15) is 4.79 Å². The minimum atomic E-state index is -0.960. The van der Waals surface area contributed by atoms with Gasteiger partial charge in [-0.25, -0.2) is 9.48 Å². The first-order chi connectivity index (χ1) is 8.74. The number of benzene rings is 1. The van der Waals surface area contributed by atoms with Gasteiger partial charge < -0.3 is 5.11 Å². The van der Waals surface area contributed by atoms with Gasteiger partial charge >= 0.3 is 5.97 Å². The summed E-state index contributed by atoms with van der Waals surface area (Å²) in [5.41, 5.74) is 1.49. The normalized spacial score (nSPS) is 10.9. The van der Waals surface area contributed by atoms with Crippen LogP contribution in [0.5, 0.6) is 0 Å². The van der Waals surface area contributed by atoms with E-state index in [-0.39, 0.29) is 5.56 Å². The van der Waals surface area contributed by atoms with E-state index in [1.807, 2.05) is 6.07 Å². The van der Waals surface area contributed by atoms with E-state index in [2.05, 4.69) is 17.2 Å². The van der Waals surface area contributed by atoms with Crippen molar-refractivity contribution in [2.45, 2.75) is 39.2 Å². The second-order valence-electron chi connectivity index (χ2n) is 4.35. The Morgan fingerprint density at radius 2 is 2.17 bits per heavy atom. The standard InChI is InChI=1S/C13H17N3O2/c1-2-3-4-5-9-16-11-8-6-7-10(13(17)18)12(11)14-15-16/h6-8H,2-5,9H2,1H3,(H,17,18). The van der Waals surface area contributed by atoms with Gasteiger partial charge in [0.25, 0.3) is 0 Å². The van der Waals surface area contributed by atoms with Crippen LogP contribution in [-0.2, 0) is 6.54 Å². The molecule has 2 aromatic rings. The Labute approximate surface area is 105 Å². The van der Waals surface area contributed by atoms with Gasteiger partial charge in [-0.15, -0.1) is 5.10 Å². The number of carbonyl (C=O) groups is 1. The summed E-state index contributed by atoms with van der Waals surface area (Å²) >= 11 is 0. The predicted molar refractivity (Wildman–Crippen MR) is 68.6 cm³/mol. The van der Waals surface area contributed by atoms with E-state index < -0.39 is 5.97 Å². The first-order valence-electron chi connectivity index (χ1n) is 6.29. The predicted octanol–water partition coefficient (Wildman–Crippen LogP) is 2.71. The zero-order chi connectivity index (χ0) is 13.0. The monoisotopic (exact) mass is 247 g/mol. The van der Waals surface area contributed by atoms with Crippen molar-refractivity contribution in [1.29, 1.82) is 0 Å². The highest BCUT2D eigenvalue weighted by Gasteiger charge is 2.13. The molecule has 0 fully saturated rings. The number of nitrogens with zero attached hydrogens (tertiary/aromatic N) is 3. The molecule has 1 heterocycles. The maximum absolute atomic E-state index is 11.0. The molecule has 0 aliphatic carbocycles. The molecule has 5 nitrogen and oxygen atoms in total. The lowest BCUT2D eigenvalue weighted by atomic mass is 10.2. The smallest absolute Gasteiger partial charge is 0.338 e. The third-order valence-electron chi connectivity index (χ3n) is 3.00. The summed E-state index contributed by atoms with van der Waals surface area (Å²) in [6, 6.07) is 5.15. The van der Waals surface area contributed by atoms with Crippen LogP contribution in [0.25, 0.3) is 11.0 Å². The molecular weight excluding hydrogens is 230 g/mol. The van der Waals surface area contributed by atoms with Crippen molar-refractivity contribution in [2.75, 3.05) is 0 Å². The molecule has 0 bridgehead atoms. The number of aromatic carboxylic acids is 1. The first-order valence-corrected chi connectivity index (χ1v) is 6.29. The van der Waals surface area contributed by atoms with Crippen molar-refractivity contribution >= 4 is 17.0 Å². The van der Waals surface area contributed by atoms with Gasteiger partial charge in [-0.1, -0.05) is 37.5 Å². The minimum absolute atomic E-state index is 0.215. The van der Waals surface area contributed by atoms with E-state index in [1.54, 1.807) is 16.8 Å². The first kappa shape index (κ1) is 12.5. The third-order valence-corrected chi connectivity index (χ3v) is 3.00. The van der Waals surface area contributed by atoms with Crippen LogP contribution in [0.2, 0.25) is 0 Å². The highest BCUT2D eigenvalue weighted by Crippen LogP contribution is 2.16. The lowest BCUT2D eigenvalue weighted by Crippen LogP contribution is -2.01. The SMILES string of the molecule is CCCCCCn1nnc2c(C(=O)O)cccc21. The number of carboxylic acid groups (broad SMARTS) is 1. The van der Waals surface area contributed by atoms with Crippen molar-refractivity contribution in [2.24, 2.45) is 0 Å². The summed E-state index contributed by atoms with van der Waals surface area (Å²) in [6.45, 7) is 2.96. The highest BCUT2D eigenvalue weighted by molar-refractivity contribution is 6.00. The van der Waals surface area contributed by atoms with Gasteiger partial charge in [0, 0.05) is 6.54 Å². The number of unbranched alkanes of at least 4 members (excludes halogenated alkanes) is 3. The zero-order valence-corrected chi connectivity index (χ0v) is 10.5. The molecule has 5 heteroatoms. The Morgan fingerprint density at radius 3 is 2.89 bits per heavy atom. The fourth-order valence-corrected chi connectivity index (χ4v) is 2.02. The van der Waals surface area contributed by atoms with Gasteiger partial charge in [0.05, 0.1) is 11.1 Å². The Hall–Kier alpha value is -1.91. The third kappa shape index (κ3) is 2.50. The molecule has 0 aliphatic heterocycles. The van der Waals surface area contributed by atoms with E-state index in [0.717, 1.165) is 24.9 Å². The van der Waals surface area contributed by atoms with E-state index >= 15 is 0 Å². The number of carboxylic acids is 1. The lowest BCUT2D eigenvalue weighted by Gasteiger charge is -2.02. The molecule has 96 valence electrons. The molecule has 1 aromatic heterocycles. The average molecular weight is 247 g/mol. The number of hydrogen-bond acceptors (Lipinski definition) is 3. The van der Waals surface area contributed by atoms with Crippen LogP contribution in [0.3, 0.4) is 0 Å². The number of aromatic nitrogens is 3. The lowest BCUT2D eigenvalue weighted by molar-refractivity contribution is 0.0699. The van der Waals surface area contributed by atoms with E-state index in [1.165, 1.54) is 12.8 Å². The summed E-state index contributed by atoms with van der Waals surface area (Å²) in [6.07, 6.45) is 4.62. The quantitative estimate of drug-likeness (QED) is 0.797. The second kappa shape index (κ2) is 5.62. The van der Waals surface area contributed by atoms with Crippen molar-refractivity contribution in [3.8, 4) is 0 Å². The number of rotatable bonds is 6. The van der Waals surface area contributed by atoms with Gasteiger partial charge in [-0.3, -0.25) is 0 Å². The van der Waals surface area contributed by atoms with E-state index in [4.69, 9.17) is 5.11 Å².